The maximum Gasteiger partial charge on any atom is 0.331 e. The predicted molar refractivity (Wildman–Crippen MR) is 96.6 cm³/mol. The van der Waals surface area contributed by atoms with Gasteiger partial charge < -0.3 is 0 Å². The van der Waals surface area contributed by atoms with Crippen LogP contribution < -0.4 is 5.32 Å². The molecule has 0 bridgehead atoms. The van der Waals surface area contributed by atoms with Gasteiger partial charge in [0.1, 0.15) is 9.97 Å². The highest BCUT2D eigenvalue weighted by molar-refractivity contribution is 14.1. The van der Waals surface area contributed by atoms with Crippen LogP contribution in [0.4, 0.5) is 4.79 Å². The molecule has 1 aliphatic rings. The zero-order valence-electron chi connectivity index (χ0n) is 12.6. The van der Waals surface area contributed by atoms with E-state index in [0.717, 1.165) is 10.5 Å². The molecule has 1 fully saturated rings. The summed E-state index contributed by atoms with van der Waals surface area (Å²) in [5, 5.41) is 2.23. The van der Waals surface area contributed by atoms with Crippen LogP contribution in [-0.2, 0) is 9.59 Å². The Morgan fingerprint density at radius 2 is 1.91 bits per heavy atom. The van der Waals surface area contributed by atoms with Gasteiger partial charge in [-0.2, -0.15) is 0 Å². The van der Waals surface area contributed by atoms with Crippen molar-refractivity contribution in [3.05, 3.63) is 54.1 Å². The average molecular weight is 424 g/mol. The molecule has 1 saturated heterocycles. The number of hydrogen-bond donors (Lipinski definition) is 1. The maximum absolute atomic E-state index is 12.3. The lowest BCUT2D eigenvalue weighted by molar-refractivity contribution is -0.142. The molecule has 120 valence electrons. The fourth-order valence-corrected chi connectivity index (χ4v) is 2.97. The van der Waals surface area contributed by atoms with Gasteiger partial charge in [0.2, 0.25) is 11.8 Å². The second-order valence-electron chi connectivity index (χ2n) is 4.99. The molecule has 0 saturated carbocycles. The van der Waals surface area contributed by atoms with E-state index < -0.39 is 27.8 Å². The quantitative estimate of drug-likeness (QED) is 0.260. The Morgan fingerprint density at radius 3 is 2.57 bits per heavy atom. The van der Waals surface area contributed by atoms with Gasteiger partial charge in [0.25, 0.3) is 0 Å². The third kappa shape index (κ3) is 4.28. The Kier molecular flexibility index (Phi) is 6.09. The number of nitrogens with one attached hydrogen (secondary N) is 1. The highest BCUT2D eigenvalue weighted by Gasteiger charge is 2.41. The van der Waals surface area contributed by atoms with E-state index in [9.17, 15) is 14.4 Å². The third-order valence-electron chi connectivity index (χ3n) is 3.43. The van der Waals surface area contributed by atoms with Crippen molar-refractivity contribution in [1.29, 1.82) is 0 Å². The number of rotatable bonds is 5. The molecule has 2 atom stereocenters. The Bertz CT molecular complexity index is 655. The van der Waals surface area contributed by atoms with E-state index in [1.165, 1.54) is 0 Å². The van der Waals surface area contributed by atoms with Crippen molar-refractivity contribution < 1.29 is 14.4 Å². The molecule has 2 unspecified atom stereocenters. The number of hydrogen-bond acceptors (Lipinski definition) is 3. The number of carbonyl (C=O) groups is 3. The molecule has 1 aliphatic heterocycles. The first-order chi connectivity index (χ1) is 11.0. The zero-order chi connectivity index (χ0) is 16.8. The van der Waals surface area contributed by atoms with Gasteiger partial charge in [-0.05, 0) is 12.0 Å². The van der Waals surface area contributed by atoms with Gasteiger partial charge in [-0.15, -0.1) is 0 Å². The van der Waals surface area contributed by atoms with Gasteiger partial charge in [0.15, 0.2) is 0 Å². The topological polar surface area (TPSA) is 66.5 Å². The van der Waals surface area contributed by atoms with Crippen molar-refractivity contribution in [3.8, 4) is 0 Å². The monoisotopic (exact) mass is 424 g/mol. The summed E-state index contributed by atoms with van der Waals surface area (Å²) in [5.74, 6) is -1.76. The second-order valence-corrected chi connectivity index (χ2v) is 6.27. The number of urea groups is 1. The lowest BCUT2D eigenvalue weighted by Crippen LogP contribution is -2.59. The van der Waals surface area contributed by atoms with Gasteiger partial charge in [-0.25, -0.2) is 9.69 Å². The summed E-state index contributed by atoms with van der Waals surface area (Å²) in [4.78, 5) is 36.9. The Hall–Kier alpha value is -1.96. The van der Waals surface area contributed by atoms with Crippen molar-refractivity contribution >= 4 is 46.5 Å². The summed E-state index contributed by atoms with van der Waals surface area (Å²) >= 11 is 1.99. The Labute approximate surface area is 148 Å². The summed E-state index contributed by atoms with van der Waals surface area (Å²) in [6.07, 6.45) is 7.66. The van der Waals surface area contributed by atoms with Crippen molar-refractivity contribution in [2.24, 2.45) is 5.92 Å². The molecule has 6 heteroatoms. The number of carbonyl (C=O) groups excluding carboxylic acids is 3. The summed E-state index contributed by atoms with van der Waals surface area (Å²) < 4.78 is -0.456. The van der Waals surface area contributed by atoms with Gasteiger partial charge >= 0.3 is 6.03 Å². The molecule has 5 nitrogen and oxygen atoms in total. The fourth-order valence-electron chi connectivity index (χ4n) is 2.20. The number of alkyl halides is 1. The first kappa shape index (κ1) is 17.4. The molecular weight excluding hydrogens is 407 g/mol. The van der Waals surface area contributed by atoms with E-state index in [-0.39, 0.29) is 0 Å². The minimum absolute atomic E-state index is 0.370. The van der Waals surface area contributed by atoms with Crippen LogP contribution >= 0.6 is 22.6 Å². The van der Waals surface area contributed by atoms with Crippen LogP contribution in [-0.4, -0.2) is 26.8 Å². The lowest BCUT2D eigenvalue weighted by atomic mass is 10.0. The molecule has 2 rings (SSSR count). The van der Waals surface area contributed by atoms with Crippen LogP contribution in [0.1, 0.15) is 18.9 Å². The molecule has 0 radical (unpaired) electrons. The molecule has 1 aromatic carbocycles. The van der Waals surface area contributed by atoms with E-state index in [4.69, 9.17) is 0 Å². The van der Waals surface area contributed by atoms with Crippen molar-refractivity contribution in [1.82, 2.24) is 10.2 Å². The number of halogens is 1. The molecular formula is C17H17IN2O3. The number of nitrogens with zero attached hydrogens (tertiary/aromatic N) is 1. The van der Waals surface area contributed by atoms with Gasteiger partial charge in [0.05, 0.1) is 0 Å². The summed E-state index contributed by atoms with van der Waals surface area (Å²) in [6.45, 7) is 1.75. The highest BCUT2D eigenvalue weighted by atomic mass is 127. The number of barbiturate groups is 1. The first-order valence-electron chi connectivity index (χ1n) is 7.26. The molecule has 1 N–H and O–H groups in total. The standard InChI is InChI=1S/C17H17IN2O3/c1-2-13-15(21)19-17(23)20(16(13)22)14(18)11-7-6-10-12-8-4-3-5-9-12/h3-11,13-14H,2H2,1H3,(H,19,21,23). The minimum Gasteiger partial charge on any atom is -0.277 e. The summed E-state index contributed by atoms with van der Waals surface area (Å²) in [7, 11) is 0. The van der Waals surface area contributed by atoms with Crippen LogP contribution in [0.3, 0.4) is 0 Å². The van der Waals surface area contributed by atoms with Gasteiger partial charge in [0, 0.05) is 0 Å². The summed E-state index contributed by atoms with van der Waals surface area (Å²) in [6, 6.07) is 9.13. The SMILES string of the molecule is CCC1C(=O)NC(=O)N(C(I)C=CC=Cc2ccccc2)C1=O. The van der Waals surface area contributed by atoms with E-state index in [2.05, 4.69) is 5.32 Å². The first-order valence-corrected chi connectivity index (χ1v) is 8.51. The number of benzene rings is 1. The molecule has 0 aromatic heterocycles. The van der Waals surface area contributed by atoms with Gasteiger partial charge in [-0.3, -0.25) is 14.9 Å². The number of amides is 4. The van der Waals surface area contributed by atoms with Crippen LogP contribution in [0.2, 0.25) is 0 Å². The molecule has 0 aliphatic carbocycles. The van der Waals surface area contributed by atoms with Gasteiger partial charge in [-0.1, -0.05) is 84.2 Å². The molecule has 4 amide bonds. The second kappa shape index (κ2) is 8.05. The Morgan fingerprint density at radius 1 is 1.22 bits per heavy atom. The molecule has 0 spiro atoms. The van der Waals surface area contributed by atoms with E-state index >= 15 is 0 Å². The van der Waals surface area contributed by atoms with Crippen LogP contribution in [0.5, 0.6) is 0 Å². The van der Waals surface area contributed by atoms with Crippen LogP contribution in [0.15, 0.2) is 48.6 Å². The van der Waals surface area contributed by atoms with Crippen molar-refractivity contribution in [2.45, 2.75) is 17.4 Å². The molecule has 1 heterocycles. The largest absolute Gasteiger partial charge is 0.331 e. The lowest BCUT2D eigenvalue weighted by Gasteiger charge is -2.31. The Balaban J connectivity index is 2.04. The minimum atomic E-state index is -0.793. The zero-order valence-corrected chi connectivity index (χ0v) is 14.8. The third-order valence-corrected chi connectivity index (χ3v) is 4.40. The molecule has 1 aromatic rings. The maximum atomic E-state index is 12.3. The number of allylic oxidation sites excluding steroid dienone is 2. The van der Waals surface area contributed by atoms with E-state index in [1.54, 1.807) is 19.1 Å². The van der Waals surface area contributed by atoms with Crippen molar-refractivity contribution in [2.75, 3.05) is 0 Å². The molecule has 23 heavy (non-hydrogen) atoms. The van der Waals surface area contributed by atoms with Crippen molar-refractivity contribution in [3.63, 3.8) is 0 Å². The normalized spacial score (nSPS) is 20.3. The summed E-state index contributed by atoms with van der Waals surface area (Å²) in [5.41, 5.74) is 1.06. The van der Waals surface area contributed by atoms with E-state index in [1.807, 2.05) is 65.1 Å². The fraction of sp³-hybridized carbons (Fsp3) is 0.235. The average Bonchev–Trinajstić information content (AvgIpc) is 2.52. The highest BCUT2D eigenvalue weighted by Crippen LogP contribution is 2.20. The smallest absolute Gasteiger partial charge is 0.277 e. The van der Waals surface area contributed by atoms with E-state index in [0.29, 0.717) is 6.42 Å². The van der Waals surface area contributed by atoms with Crippen LogP contribution in [0.25, 0.3) is 6.08 Å². The predicted octanol–water partition coefficient (Wildman–Crippen LogP) is 3.12. The number of imide groups is 2. The van der Waals surface area contributed by atoms with Crippen LogP contribution in [0, 0.1) is 5.92 Å².